The Labute approximate surface area is 161 Å². The first-order valence-electron chi connectivity index (χ1n) is 10.4. The van der Waals surface area contributed by atoms with Crippen molar-refractivity contribution in [1.29, 1.82) is 0 Å². The van der Waals surface area contributed by atoms with Gasteiger partial charge in [0.25, 0.3) is 0 Å². The van der Waals surface area contributed by atoms with Gasteiger partial charge < -0.3 is 9.84 Å². The van der Waals surface area contributed by atoms with Crippen molar-refractivity contribution in [3.8, 4) is 0 Å². The van der Waals surface area contributed by atoms with E-state index in [0.29, 0.717) is 0 Å². The van der Waals surface area contributed by atoms with Gasteiger partial charge in [-0.15, -0.1) is 0 Å². The molecule has 0 spiro atoms. The SMILES string of the molecule is CCCCC/C=C/C/C=C/CCCCCCCCSCC(CO)OC. The Morgan fingerprint density at radius 3 is 2.04 bits per heavy atom. The number of unbranched alkanes of at least 4 members (excludes halogenated alkanes) is 9. The van der Waals surface area contributed by atoms with Gasteiger partial charge in [-0.3, -0.25) is 0 Å². The van der Waals surface area contributed by atoms with Crippen LogP contribution < -0.4 is 0 Å². The summed E-state index contributed by atoms with van der Waals surface area (Å²) in [7, 11) is 1.67. The van der Waals surface area contributed by atoms with Gasteiger partial charge in [0.15, 0.2) is 0 Å². The smallest absolute Gasteiger partial charge is 0.0892 e. The average Bonchev–Trinajstić information content (AvgIpc) is 2.64. The second-order valence-electron chi connectivity index (χ2n) is 6.70. The Morgan fingerprint density at radius 2 is 1.44 bits per heavy atom. The summed E-state index contributed by atoms with van der Waals surface area (Å²) < 4.78 is 5.15. The summed E-state index contributed by atoms with van der Waals surface area (Å²) in [5.41, 5.74) is 0. The van der Waals surface area contributed by atoms with E-state index in [1.807, 2.05) is 11.8 Å². The predicted molar refractivity (Wildman–Crippen MR) is 115 cm³/mol. The number of hydrogen-bond acceptors (Lipinski definition) is 3. The quantitative estimate of drug-likeness (QED) is 0.207. The molecule has 25 heavy (non-hydrogen) atoms. The summed E-state index contributed by atoms with van der Waals surface area (Å²) in [4.78, 5) is 0. The third-order valence-corrected chi connectivity index (χ3v) is 5.51. The van der Waals surface area contributed by atoms with E-state index in [0.717, 1.165) is 12.2 Å². The lowest BCUT2D eigenvalue weighted by Gasteiger charge is -2.11. The van der Waals surface area contributed by atoms with E-state index in [4.69, 9.17) is 9.84 Å². The molecule has 2 nitrogen and oxygen atoms in total. The van der Waals surface area contributed by atoms with Crippen LogP contribution in [-0.2, 0) is 4.74 Å². The molecule has 0 heterocycles. The third kappa shape index (κ3) is 19.9. The molecule has 0 amide bonds. The molecule has 0 aromatic carbocycles. The number of allylic oxidation sites excluding steroid dienone is 4. The molecular formula is C22H42O2S. The highest BCUT2D eigenvalue weighted by Gasteiger charge is 2.04. The van der Waals surface area contributed by atoms with Crippen molar-refractivity contribution in [2.75, 3.05) is 25.2 Å². The maximum absolute atomic E-state index is 9.02. The third-order valence-electron chi connectivity index (χ3n) is 4.33. The van der Waals surface area contributed by atoms with Gasteiger partial charge in [0.05, 0.1) is 12.7 Å². The Hall–Kier alpha value is -0.250. The standard InChI is InChI=1S/C22H42O2S/c1-3-4-5-6-7-8-9-10-11-12-13-14-15-16-17-18-19-25-21-22(20-23)24-2/h7-8,10-11,22-23H,3-6,9,12-21H2,1-2H3/b8-7+,11-10+. The molecule has 1 unspecified atom stereocenters. The van der Waals surface area contributed by atoms with Crippen LogP contribution in [0.25, 0.3) is 0 Å². The van der Waals surface area contributed by atoms with Crippen LogP contribution in [0.4, 0.5) is 0 Å². The summed E-state index contributed by atoms with van der Waals surface area (Å²) in [5, 5.41) is 9.02. The molecule has 1 N–H and O–H groups in total. The Bertz CT molecular complexity index is 298. The van der Waals surface area contributed by atoms with Crippen LogP contribution in [0.1, 0.15) is 84.0 Å². The first-order chi connectivity index (χ1) is 12.3. The highest BCUT2D eigenvalue weighted by atomic mass is 32.2. The summed E-state index contributed by atoms with van der Waals surface area (Å²) in [5.74, 6) is 2.10. The summed E-state index contributed by atoms with van der Waals surface area (Å²) >= 11 is 1.90. The van der Waals surface area contributed by atoms with E-state index in [1.165, 1.54) is 76.4 Å². The normalized spacial score (nSPS) is 13.2. The van der Waals surface area contributed by atoms with Crippen LogP contribution in [0, 0.1) is 0 Å². The maximum Gasteiger partial charge on any atom is 0.0892 e. The first kappa shape index (κ1) is 24.8. The van der Waals surface area contributed by atoms with Gasteiger partial charge in [-0.05, 0) is 44.3 Å². The topological polar surface area (TPSA) is 29.5 Å². The second-order valence-corrected chi connectivity index (χ2v) is 7.85. The van der Waals surface area contributed by atoms with Crippen LogP contribution in [0.2, 0.25) is 0 Å². The molecule has 0 saturated heterocycles. The summed E-state index contributed by atoms with van der Waals surface area (Å²) in [6.07, 6.45) is 24.9. The predicted octanol–water partition coefficient (Wildman–Crippen LogP) is 6.54. The molecule has 148 valence electrons. The lowest BCUT2D eigenvalue weighted by molar-refractivity contribution is 0.0656. The van der Waals surface area contributed by atoms with Crippen molar-refractivity contribution in [2.45, 2.75) is 90.1 Å². The van der Waals surface area contributed by atoms with Crippen molar-refractivity contribution in [3.05, 3.63) is 24.3 Å². The van der Waals surface area contributed by atoms with E-state index in [2.05, 4.69) is 31.2 Å². The zero-order valence-corrected chi connectivity index (χ0v) is 17.6. The fourth-order valence-corrected chi connectivity index (χ4v) is 3.68. The van der Waals surface area contributed by atoms with E-state index in [1.54, 1.807) is 7.11 Å². The number of methoxy groups -OCH3 is 1. The van der Waals surface area contributed by atoms with Crippen molar-refractivity contribution < 1.29 is 9.84 Å². The highest BCUT2D eigenvalue weighted by molar-refractivity contribution is 7.99. The molecule has 0 aliphatic carbocycles. The van der Waals surface area contributed by atoms with Crippen molar-refractivity contribution in [2.24, 2.45) is 0 Å². The van der Waals surface area contributed by atoms with Crippen molar-refractivity contribution >= 4 is 11.8 Å². The van der Waals surface area contributed by atoms with E-state index in [9.17, 15) is 0 Å². The molecule has 0 rings (SSSR count). The lowest BCUT2D eigenvalue weighted by atomic mass is 10.1. The summed E-state index contributed by atoms with van der Waals surface area (Å²) in [6.45, 7) is 2.39. The maximum atomic E-state index is 9.02. The molecule has 3 heteroatoms. The minimum absolute atomic E-state index is 0.00889. The molecule has 0 aliphatic heterocycles. The van der Waals surface area contributed by atoms with Crippen LogP contribution in [0.3, 0.4) is 0 Å². The van der Waals surface area contributed by atoms with Gasteiger partial charge in [-0.1, -0.05) is 69.8 Å². The monoisotopic (exact) mass is 370 g/mol. The summed E-state index contributed by atoms with van der Waals surface area (Å²) in [6, 6.07) is 0. The van der Waals surface area contributed by atoms with Gasteiger partial charge in [-0.25, -0.2) is 0 Å². The van der Waals surface area contributed by atoms with E-state index >= 15 is 0 Å². The lowest BCUT2D eigenvalue weighted by Crippen LogP contribution is -2.18. The van der Waals surface area contributed by atoms with Crippen LogP contribution in [0.5, 0.6) is 0 Å². The van der Waals surface area contributed by atoms with Crippen molar-refractivity contribution in [1.82, 2.24) is 0 Å². The molecule has 0 fully saturated rings. The Kier molecular flexibility index (Phi) is 21.6. The molecule has 0 radical (unpaired) electrons. The molecular weight excluding hydrogens is 328 g/mol. The zero-order chi connectivity index (χ0) is 18.4. The number of aliphatic hydroxyl groups is 1. The Balaban J connectivity index is 3.19. The molecule has 0 bridgehead atoms. The van der Waals surface area contributed by atoms with Gasteiger partial charge in [0.1, 0.15) is 0 Å². The first-order valence-corrected chi connectivity index (χ1v) is 11.5. The van der Waals surface area contributed by atoms with Gasteiger partial charge in [-0.2, -0.15) is 11.8 Å². The van der Waals surface area contributed by atoms with E-state index in [-0.39, 0.29) is 12.7 Å². The minimum Gasteiger partial charge on any atom is -0.394 e. The van der Waals surface area contributed by atoms with Crippen LogP contribution >= 0.6 is 11.8 Å². The molecule has 0 aromatic heterocycles. The number of ether oxygens (including phenoxy) is 1. The molecule has 0 aromatic rings. The number of aliphatic hydroxyl groups excluding tert-OH is 1. The van der Waals surface area contributed by atoms with Gasteiger partial charge in [0.2, 0.25) is 0 Å². The van der Waals surface area contributed by atoms with Gasteiger partial charge in [0, 0.05) is 12.9 Å². The zero-order valence-electron chi connectivity index (χ0n) is 16.8. The number of thioether (sulfide) groups is 1. The average molecular weight is 371 g/mol. The second kappa shape index (κ2) is 21.8. The number of hydrogen-bond donors (Lipinski definition) is 1. The molecule has 0 saturated carbocycles. The van der Waals surface area contributed by atoms with Gasteiger partial charge >= 0.3 is 0 Å². The minimum atomic E-state index is 0.00889. The van der Waals surface area contributed by atoms with Crippen LogP contribution in [0.15, 0.2) is 24.3 Å². The fraction of sp³-hybridized carbons (Fsp3) is 0.818. The highest BCUT2D eigenvalue weighted by Crippen LogP contribution is 2.12. The fourth-order valence-electron chi connectivity index (χ4n) is 2.60. The number of rotatable bonds is 19. The largest absolute Gasteiger partial charge is 0.394 e. The molecule has 1 atom stereocenters. The Morgan fingerprint density at radius 1 is 0.840 bits per heavy atom. The van der Waals surface area contributed by atoms with Crippen LogP contribution in [-0.4, -0.2) is 36.4 Å². The van der Waals surface area contributed by atoms with E-state index < -0.39 is 0 Å². The van der Waals surface area contributed by atoms with Crippen molar-refractivity contribution in [3.63, 3.8) is 0 Å². The molecule has 0 aliphatic rings.